The van der Waals surface area contributed by atoms with Crippen molar-refractivity contribution < 1.29 is 90.6 Å². The number of methoxy groups -OCH3 is 1. The molecule has 0 fully saturated rings. The molecule has 0 aromatic heterocycles. The number of imide groups is 1. The molecule has 1 heterocycles. The van der Waals surface area contributed by atoms with Gasteiger partial charge in [0.1, 0.15) is 12.6 Å². The van der Waals surface area contributed by atoms with Gasteiger partial charge in [0.2, 0.25) is 41.4 Å². The lowest BCUT2D eigenvalue weighted by atomic mass is 10.0. The second-order valence-electron chi connectivity index (χ2n) is 20.3. The molecule has 27 heteroatoms. The first kappa shape index (κ1) is 73.6. The van der Waals surface area contributed by atoms with Crippen molar-refractivity contribution in [2.24, 2.45) is 11.8 Å². The third-order valence-electron chi connectivity index (χ3n) is 12.6. The molecule has 0 spiro atoms. The number of nitrogens with zero attached hydrogens (tertiary/aromatic N) is 5. The lowest BCUT2D eigenvalue weighted by Crippen LogP contribution is -2.53. The summed E-state index contributed by atoms with van der Waals surface area (Å²) in [5.41, 5.74) is 1.53. The first-order valence-electron chi connectivity index (χ1n) is 28.3. The summed E-state index contributed by atoms with van der Waals surface area (Å²) < 4.78 is 48.8. The molecule has 0 saturated carbocycles. The van der Waals surface area contributed by atoms with Crippen LogP contribution in [0.1, 0.15) is 70.9 Å². The maximum Gasteiger partial charge on any atom is 0.308 e. The van der Waals surface area contributed by atoms with Crippen LogP contribution in [0, 0.1) is 11.8 Å². The molecule has 1 atom stereocenters. The van der Waals surface area contributed by atoms with Crippen LogP contribution >= 0.6 is 0 Å². The molecule has 0 saturated heterocycles. The van der Waals surface area contributed by atoms with Gasteiger partial charge in [-0.25, -0.2) is 0 Å². The molecular weight excluding hydrogens is 1100 g/mol. The monoisotopic (exact) mass is 1190 g/mol. The van der Waals surface area contributed by atoms with Gasteiger partial charge in [0, 0.05) is 72.7 Å². The van der Waals surface area contributed by atoms with E-state index < -0.39 is 67.1 Å². The minimum Gasteiger partial charge on any atom is -0.461 e. The van der Waals surface area contributed by atoms with Crippen LogP contribution in [0.25, 0.3) is 0 Å². The number of rotatable bonds is 47. The van der Waals surface area contributed by atoms with Crippen LogP contribution in [-0.4, -0.2) is 257 Å². The van der Waals surface area contributed by atoms with E-state index in [2.05, 4.69) is 16.0 Å². The highest BCUT2D eigenvalue weighted by molar-refractivity contribution is 6.12. The number of unbranched alkanes of at least 4 members (excludes halogenated alkanes) is 2. The van der Waals surface area contributed by atoms with Gasteiger partial charge in [0.05, 0.1) is 138 Å². The number of hydrogen-bond acceptors (Lipinski definition) is 19. The van der Waals surface area contributed by atoms with Crippen molar-refractivity contribution in [1.29, 1.82) is 0 Å². The second-order valence-corrected chi connectivity index (χ2v) is 20.3. The average molecular weight is 1190 g/mol. The molecule has 9 amide bonds. The Hall–Kier alpha value is -6.46. The zero-order chi connectivity index (χ0) is 62.2. The zero-order valence-corrected chi connectivity index (χ0v) is 50.7. The molecule has 0 aliphatic carbocycles. The van der Waals surface area contributed by atoms with Crippen LogP contribution in [0.3, 0.4) is 0 Å². The van der Waals surface area contributed by atoms with Crippen LogP contribution < -0.4 is 16.0 Å². The van der Waals surface area contributed by atoms with Crippen LogP contribution in [0.2, 0.25) is 0 Å². The van der Waals surface area contributed by atoms with Crippen molar-refractivity contribution in [3.63, 3.8) is 0 Å². The average Bonchev–Trinajstić information content (AvgIpc) is 3.80. The van der Waals surface area contributed by atoms with Crippen molar-refractivity contribution in [3.8, 4) is 0 Å². The summed E-state index contributed by atoms with van der Waals surface area (Å²) in [6.45, 7) is 11.7. The van der Waals surface area contributed by atoms with Crippen LogP contribution in [0.5, 0.6) is 0 Å². The molecule has 1 unspecified atom stereocenters. The summed E-state index contributed by atoms with van der Waals surface area (Å²) >= 11 is 0. The minimum atomic E-state index is -1.09. The zero-order valence-electron chi connectivity index (χ0n) is 50.7. The molecule has 1 aromatic rings. The Labute approximate surface area is 493 Å². The quantitative estimate of drug-likeness (QED) is 0.0456. The normalized spacial score (nSPS) is 12.4. The number of nitrogens with one attached hydrogen (secondary N) is 3. The van der Waals surface area contributed by atoms with Crippen LogP contribution in [-0.2, 0) is 104 Å². The first-order valence-corrected chi connectivity index (χ1v) is 28.3. The van der Waals surface area contributed by atoms with E-state index in [1.807, 2.05) is 0 Å². The number of esters is 1. The Bertz CT molecular complexity index is 2230. The van der Waals surface area contributed by atoms with Crippen molar-refractivity contribution in [2.45, 2.75) is 79.0 Å². The van der Waals surface area contributed by atoms with Gasteiger partial charge in [-0.05, 0) is 42.0 Å². The van der Waals surface area contributed by atoms with Crippen molar-refractivity contribution in [1.82, 2.24) is 35.1 Å². The highest BCUT2D eigenvalue weighted by Crippen LogP contribution is 2.20. The third kappa shape index (κ3) is 32.0. The number of benzene rings is 1. The smallest absolute Gasteiger partial charge is 0.308 e. The lowest BCUT2D eigenvalue weighted by molar-refractivity contribution is -0.148. The highest BCUT2D eigenvalue weighted by Gasteiger charge is 2.27. The summed E-state index contributed by atoms with van der Waals surface area (Å²) in [7, 11) is 7.46. The largest absolute Gasteiger partial charge is 0.461 e. The van der Waals surface area contributed by atoms with E-state index in [1.165, 1.54) is 43.1 Å². The summed E-state index contributed by atoms with van der Waals surface area (Å²) in [5.74, 6) is -5.48. The van der Waals surface area contributed by atoms with E-state index in [9.17, 15) is 47.9 Å². The Balaban J connectivity index is 1.74. The third-order valence-corrected chi connectivity index (χ3v) is 12.6. The molecule has 2 rings (SSSR count). The van der Waals surface area contributed by atoms with Crippen molar-refractivity contribution in [3.05, 3.63) is 41.5 Å². The van der Waals surface area contributed by atoms with Crippen molar-refractivity contribution >= 4 is 64.8 Å². The van der Waals surface area contributed by atoms with Gasteiger partial charge in [-0.2, -0.15) is 0 Å². The Morgan fingerprint density at radius 2 is 1.01 bits per heavy atom. The number of amides is 9. The van der Waals surface area contributed by atoms with Gasteiger partial charge in [-0.3, -0.25) is 52.8 Å². The topological polar surface area (TPSA) is 306 Å². The predicted octanol–water partition coefficient (Wildman–Crippen LogP) is 0.553. The van der Waals surface area contributed by atoms with Crippen LogP contribution in [0.15, 0.2) is 30.4 Å². The van der Waals surface area contributed by atoms with Crippen LogP contribution in [0.4, 0.5) is 5.69 Å². The summed E-state index contributed by atoms with van der Waals surface area (Å²) in [6.07, 6.45) is 4.26. The van der Waals surface area contributed by atoms with Gasteiger partial charge >= 0.3 is 5.97 Å². The molecule has 3 N–H and O–H groups in total. The maximum atomic E-state index is 13.3. The summed E-state index contributed by atoms with van der Waals surface area (Å²) in [6, 6.07) is 3.82. The minimum absolute atomic E-state index is 0.0774. The van der Waals surface area contributed by atoms with E-state index in [-0.39, 0.29) is 81.8 Å². The SMILES string of the molecule is COCCOCCOCCOCCOCCOCCOCCOCCC(=O)N(C)Cc1cc(NC(=O)CNC(=O)C(NC(=O)CN(C)C(=O)CN(C)C(=O)CN(C)C(=O)CCCCCN2C(=O)C=CC2=O)C(C)C)ccc1COC(=O)C(C)C. The number of ether oxygens (including phenoxy) is 9. The molecule has 1 aromatic carbocycles. The van der Waals surface area contributed by atoms with E-state index >= 15 is 0 Å². The molecule has 27 nitrogen and oxygen atoms in total. The van der Waals surface area contributed by atoms with Gasteiger partial charge in [-0.15, -0.1) is 0 Å². The molecule has 84 heavy (non-hydrogen) atoms. The van der Waals surface area contributed by atoms with Gasteiger partial charge in [0.15, 0.2) is 0 Å². The Morgan fingerprint density at radius 1 is 0.536 bits per heavy atom. The molecular formula is C57H92N8O19. The van der Waals surface area contributed by atoms with Gasteiger partial charge < -0.3 is 78.2 Å². The summed E-state index contributed by atoms with van der Waals surface area (Å²) in [4.78, 5) is 133. The number of anilines is 1. The number of carbonyl (C=O) groups excluding carboxylic acids is 10. The fourth-order valence-electron chi connectivity index (χ4n) is 7.49. The molecule has 0 bridgehead atoms. The number of likely N-dealkylation sites (N-methyl/N-ethyl adjacent to an activating group) is 3. The second kappa shape index (κ2) is 43.2. The fraction of sp³-hybridized carbons (Fsp3) is 0.684. The van der Waals surface area contributed by atoms with E-state index in [0.717, 1.165) is 14.7 Å². The lowest BCUT2D eigenvalue weighted by Gasteiger charge is -2.25. The molecule has 1 aliphatic heterocycles. The predicted molar refractivity (Wildman–Crippen MR) is 305 cm³/mol. The Kier molecular flexibility index (Phi) is 37.9. The summed E-state index contributed by atoms with van der Waals surface area (Å²) in [5, 5.41) is 7.89. The Morgan fingerprint density at radius 3 is 1.51 bits per heavy atom. The standard InChI is InChI=1S/C57H92N8O19/c1-42(2)55(60-48(67)38-62(6)53(72)40-64(8)54(73)39-63(7)49(68)13-11-10-12-19-65-51(70)16-17-52(65)71)56(74)58-36-47(66)59-46-15-14-44(41-84-57(75)43(3)4)45(35-46)37-61(5)50(69)18-20-77-23-24-79-27-28-81-31-32-83-34-33-82-30-29-80-26-25-78-22-21-76-9/h14-17,35,42-43,55H,10-13,18-34,36-41H2,1-9H3,(H,58,74)(H,59,66)(H,60,67). The number of hydrogen-bond donors (Lipinski definition) is 3. The van der Waals surface area contributed by atoms with E-state index in [1.54, 1.807) is 60.1 Å². The van der Waals surface area contributed by atoms with E-state index in [0.29, 0.717) is 122 Å². The molecule has 474 valence electrons. The first-order chi connectivity index (χ1) is 40.1. The fourth-order valence-corrected chi connectivity index (χ4v) is 7.49. The highest BCUT2D eigenvalue weighted by atomic mass is 16.6. The van der Waals surface area contributed by atoms with E-state index in [4.69, 9.17) is 42.6 Å². The van der Waals surface area contributed by atoms with Gasteiger partial charge in [-0.1, -0.05) is 40.2 Å². The molecule has 0 radical (unpaired) electrons. The molecule has 1 aliphatic rings. The maximum absolute atomic E-state index is 13.3. The van der Waals surface area contributed by atoms with Gasteiger partial charge in [0.25, 0.3) is 11.8 Å². The number of carbonyl (C=O) groups is 10. The van der Waals surface area contributed by atoms with Crippen molar-refractivity contribution in [2.75, 3.05) is 172 Å².